The Morgan fingerprint density at radius 3 is 2.57 bits per heavy atom. The Bertz CT molecular complexity index is 351. The maximum atomic E-state index is 12.4. The predicted octanol–water partition coefficient (Wildman–Crippen LogP) is 2.43. The molecule has 4 nitrogen and oxygen atoms in total. The molecule has 1 aliphatic heterocycles. The van der Waals surface area contributed by atoms with E-state index in [0.29, 0.717) is 12.6 Å². The summed E-state index contributed by atoms with van der Waals surface area (Å²) in [6.07, 6.45) is 5.43. The van der Waals surface area contributed by atoms with Crippen LogP contribution in [0.5, 0.6) is 0 Å². The summed E-state index contributed by atoms with van der Waals surface area (Å²) in [6.45, 7) is 9.40. The summed E-state index contributed by atoms with van der Waals surface area (Å²) >= 11 is 0. The van der Waals surface area contributed by atoms with Gasteiger partial charge < -0.3 is 10.1 Å². The number of nitrogens with one attached hydrogen (secondary N) is 1. The number of nitrogens with zero attached hydrogens (tertiary/aromatic N) is 1. The maximum Gasteiger partial charge on any atom is 0.326 e. The van der Waals surface area contributed by atoms with Crippen molar-refractivity contribution in [2.45, 2.75) is 64.5 Å². The molecule has 2 rings (SSSR count). The molecule has 0 bridgehead atoms. The number of likely N-dealkylation sites (N-methyl/N-ethyl adjacent to an activating group) is 1. The van der Waals surface area contributed by atoms with E-state index in [0.717, 1.165) is 31.1 Å². The zero-order valence-electron chi connectivity index (χ0n) is 14.2. The summed E-state index contributed by atoms with van der Waals surface area (Å²) in [7, 11) is 1.90. The number of carbonyl (C=O) groups is 1. The molecule has 2 fully saturated rings. The SMILES string of the molecule is CCOC(=O)C1(NC)CCCC(N2CC(C)CC(C)C2)C1. The third-order valence-corrected chi connectivity index (χ3v) is 5.28. The van der Waals surface area contributed by atoms with Crippen LogP contribution in [0.3, 0.4) is 0 Å². The predicted molar refractivity (Wildman–Crippen MR) is 85.2 cm³/mol. The number of likely N-dealkylation sites (tertiary alicyclic amines) is 1. The summed E-state index contributed by atoms with van der Waals surface area (Å²) in [6, 6.07) is 0.515. The molecule has 21 heavy (non-hydrogen) atoms. The van der Waals surface area contributed by atoms with Gasteiger partial charge in [-0.25, -0.2) is 0 Å². The first-order valence-corrected chi connectivity index (χ1v) is 8.61. The van der Waals surface area contributed by atoms with Crippen LogP contribution in [0.2, 0.25) is 0 Å². The molecule has 0 aromatic carbocycles. The highest BCUT2D eigenvalue weighted by atomic mass is 16.5. The average Bonchev–Trinajstić information content (AvgIpc) is 2.46. The van der Waals surface area contributed by atoms with Crippen molar-refractivity contribution >= 4 is 5.97 Å². The number of carbonyl (C=O) groups excluding carboxylic acids is 1. The van der Waals surface area contributed by atoms with Crippen molar-refractivity contribution in [2.75, 3.05) is 26.7 Å². The van der Waals surface area contributed by atoms with Gasteiger partial charge >= 0.3 is 5.97 Å². The molecule has 0 aromatic heterocycles. The van der Waals surface area contributed by atoms with Gasteiger partial charge in [-0.2, -0.15) is 0 Å². The van der Waals surface area contributed by atoms with Gasteiger partial charge in [-0.3, -0.25) is 9.69 Å². The lowest BCUT2D eigenvalue weighted by Gasteiger charge is -2.46. The minimum Gasteiger partial charge on any atom is -0.465 e. The number of hydrogen-bond acceptors (Lipinski definition) is 4. The maximum absolute atomic E-state index is 12.4. The lowest BCUT2D eigenvalue weighted by molar-refractivity contribution is -0.153. The second-order valence-corrected chi connectivity index (χ2v) is 7.20. The van der Waals surface area contributed by atoms with Crippen molar-refractivity contribution < 1.29 is 9.53 Å². The largest absolute Gasteiger partial charge is 0.465 e. The van der Waals surface area contributed by atoms with Crippen LogP contribution in [-0.4, -0.2) is 49.2 Å². The fourth-order valence-electron chi connectivity index (χ4n) is 4.35. The topological polar surface area (TPSA) is 41.6 Å². The number of esters is 1. The van der Waals surface area contributed by atoms with Crippen molar-refractivity contribution in [2.24, 2.45) is 11.8 Å². The first-order valence-electron chi connectivity index (χ1n) is 8.61. The number of ether oxygens (including phenoxy) is 1. The summed E-state index contributed by atoms with van der Waals surface area (Å²) in [5, 5.41) is 3.29. The van der Waals surface area contributed by atoms with Crippen LogP contribution < -0.4 is 5.32 Å². The van der Waals surface area contributed by atoms with E-state index in [1.165, 1.54) is 25.9 Å². The lowest BCUT2D eigenvalue weighted by Crippen LogP contribution is -2.59. The summed E-state index contributed by atoms with van der Waals surface area (Å²) < 4.78 is 5.33. The van der Waals surface area contributed by atoms with E-state index in [1.807, 2.05) is 14.0 Å². The fraction of sp³-hybridized carbons (Fsp3) is 0.941. The normalized spacial score (nSPS) is 38.2. The highest BCUT2D eigenvalue weighted by Crippen LogP contribution is 2.34. The molecule has 0 amide bonds. The van der Waals surface area contributed by atoms with Crippen molar-refractivity contribution in [3.8, 4) is 0 Å². The molecule has 1 saturated carbocycles. The van der Waals surface area contributed by atoms with Crippen LogP contribution in [0, 0.1) is 11.8 Å². The zero-order chi connectivity index (χ0) is 15.5. The molecule has 1 saturated heterocycles. The van der Waals surface area contributed by atoms with Gasteiger partial charge in [0.05, 0.1) is 6.61 Å². The highest BCUT2D eigenvalue weighted by molar-refractivity contribution is 5.81. The van der Waals surface area contributed by atoms with E-state index < -0.39 is 5.54 Å². The van der Waals surface area contributed by atoms with E-state index in [1.54, 1.807) is 0 Å². The van der Waals surface area contributed by atoms with Gasteiger partial charge in [-0.05, 0) is 57.9 Å². The van der Waals surface area contributed by atoms with Crippen LogP contribution in [-0.2, 0) is 9.53 Å². The first-order chi connectivity index (χ1) is 10.0. The smallest absolute Gasteiger partial charge is 0.326 e. The van der Waals surface area contributed by atoms with Crippen molar-refractivity contribution in [3.63, 3.8) is 0 Å². The third-order valence-electron chi connectivity index (χ3n) is 5.28. The van der Waals surface area contributed by atoms with E-state index in [9.17, 15) is 4.79 Å². The monoisotopic (exact) mass is 296 g/mol. The first kappa shape index (κ1) is 16.8. The molecule has 1 N–H and O–H groups in total. The molecule has 1 aliphatic carbocycles. The highest BCUT2D eigenvalue weighted by Gasteiger charge is 2.44. The molecule has 122 valence electrons. The van der Waals surface area contributed by atoms with Gasteiger partial charge in [-0.1, -0.05) is 13.8 Å². The molecular formula is C17H32N2O2. The molecule has 4 heteroatoms. The molecule has 1 heterocycles. The van der Waals surface area contributed by atoms with Gasteiger partial charge in [0.15, 0.2) is 0 Å². The number of piperidine rings is 1. The van der Waals surface area contributed by atoms with Crippen LogP contribution >= 0.6 is 0 Å². The number of rotatable bonds is 4. The van der Waals surface area contributed by atoms with E-state index in [2.05, 4.69) is 24.1 Å². The summed E-state index contributed by atoms with van der Waals surface area (Å²) in [5.41, 5.74) is -0.469. The number of hydrogen-bond donors (Lipinski definition) is 1. The Morgan fingerprint density at radius 2 is 2.00 bits per heavy atom. The van der Waals surface area contributed by atoms with Gasteiger partial charge in [0.2, 0.25) is 0 Å². The van der Waals surface area contributed by atoms with Crippen molar-refractivity contribution in [3.05, 3.63) is 0 Å². The minimum absolute atomic E-state index is 0.0599. The summed E-state index contributed by atoms with van der Waals surface area (Å²) in [5.74, 6) is 1.47. The second kappa shape index (κ2) is 7.10. The second-order valence-electron chi connectivity index (χ2n) is 7.20. The molecule has 4 unspecified atom stereocenters. The molecule has 0 spiro atoms. The Morgan fingerprint density at radius 1 is 1.33 bits per heavy atom. The van der Waals surface area contributed by atoms with Crippen LogP contribution in [0.25, 0.3) is 0 Å². The zero-order valence-corrected chi connectivity index (χ0v) is 14.2. The Labute approximate surface area is 129 Å². The average molecular weight is 296 g/mol. The Hall–Kier alpha value is -0.610. The minimum atomic E-state index is -0.469. The standard InChI is InChI=1S/C17H32N2O2/c1-5-21-16(20)17(18-4)8-6-7-15(10-17)19-11-13(2)9-14(3)12-19/h13-15,18H,5-12H2,1-4H3. The Kier molecular flexibility index (Phi) is 5.67. The molecule has 0 radical (unpaired) electrons. The van der Waals surface area contributed by atoms with Crippen LogP contribution in [0.15, 0.2) is 0 Å². The molecular weight excluding hydrogens is 264 g/mol. The molecule has 0 aromatic rings. The fourth-order valence-corrected chi connectivity index (χ4v) is 4.35. The van der Waals surface area contributed by atoms with Gasteiger partial charge in [0, 0.05) is 19.1 Å². The Balaban J connectivity index is 2.06. The molecule has 4 atom stereocenters. The van der Waals surface area contributed by atoms with E-state index in [4.69, 9.17) is 4.74 Å². The van der Waals surface area contributed by atoms with Crippen molar-refractivity contribution in [1.82, 2.24) is 10.2 Å². The van der Waals surface area contributed by atoms with Crippen LogP contribution in [0.4, 0.5) is 0 Å². The quantitative estimate of drug-likeness (QED) is 0.809. The van der Waals surface area contributed by atoms with Gasteiger partial charge in [-0.15, -0.1) is 0 Å². The van der Waals surface area contributed by atoms with E-state index >= 15 is 0 Å². The van der Waals surface area contributed by atoms with Gasteiger partial charge in [0.1, 0.15) is 5.54 Å². The van der Waals surface area contributed by atoms with Crippen LogP contribution in [0.1, 0.15) is 52.9 Å². The van der Waals surface area contributed by atoms with Crippen molar-refractivity contribution in [1.29, 1.82) is 0 Å². The molecule has 2 aliphatic rings. The lowest BCUT2D eigenvalue weighted by atomic mass is 9.77. The van der Waals surface area contributed by atoms with E-state index in [-0.39, 0.29) is 5.97 Å². The van der Waals surface area contributed by atoms with Gasteiger partial charge in [0.25, 0.3) is 0 Å². The summed E-state index contributed by atoms with van der Waals surface area (Å²) in [4.78, 5) is 15.0. The third kappa shape index (κ3) is 3.78.